The van der Waals surface area contributed by atoms with E-state index in [9.17, 15) is 8.42 Å². The molecule has 0 aliphatic carbocycles. The van der Waals surface area contributed by atoms with E-state index in [2.05, 4.69) is 51.9 Å². The maximum absolute atomic E-state index is 12.3. The molecule has 0 fully saturated rings. The van der Waals surface area contributed by atoms with Gasteiger partial charge in [0, 0.05) is 15.5 Å². The standard InChI is InChI=1S/C12H12Br2N4O2S/c1-2-15-12-16-6-8(7-17-12)21(19,20)18-11-9(13)4-3-5-10(11)14/h3-7,18H,2H2,1H3,(H,15,16,17). The van der Waals surface area contributed by atoms with Gasteiger partial charge in [0.25, 0.3) is 10.0 Å². The van der Waals surface area contributed by atoms with Crippen LogP contribution in [0.1, 0.15) is 6.92 Å². The molecular weight excluding hydrogens is 424 g/mol. The molecule has 0 saturated carbocycles. The maximum Gasteiger partial charge on any atom is 0.265 e. The molecule has 1 heterocycles. The largest absolute Gasteiger partial charge is 0.355 e. The highest BCUT2D eigenvalue weighted by molar-refractivity contribution is 9.11. The Morgan fingerprint density at radius 3 is 2.24 bits per heavy atom. The van der Waals surface area contributed by atoms with Crippen LogP contribution in [0.15, 0.2) is 44.4 Å². The molecule has 0 atom stereocenters. The van der Waals surface area contributed by atoms with Crippen molar-refractivity contribution in [2.24, 2.45) is 0 Å². The van der Waals surface area contributed by atoms with Crippen molar-refractivity contribution in [2.75, 3.05) is 16.6 Å². The van der Waals surface area contributed by atoms with Crippen molar-refractivity contribution < 1.29 is 8.42 Å². The Morgan fingerprint density at radius 2 is 1.71 bits per heavy atom. The minimum Gasteiger partial charge on any atom is -0.355 e. The summed E-state index contributed by atoms with van der Waals surface area (Å²) in [6.07, 6.45) is 2.52. The topological polar surface area (TPSA) is 84.0 Å². The fourth-order valence-corrected chi connectivity index (χ4v) is 3.94. The van der Waals surface area contributed by atoms with Crippen LogP contribution in [0.2, 0.25) is 0 Å². The van der Waals surface area contributed by atoms with Crippen molar-refractivity contribution in [3.8, 4) is 0 Å². The van der Waals surface area contributed by atoms with Crippen LogP contribution in [0.4, 0.5) is 11.6 Å². The number of nitrogens with zero attached hydrogens (tertiary/aromatic N) is 2. The Balaban J connectivity index is 2.30. The average Bonchev–Trinajstić information content (AvgIpc) is 2.44. The van der Waals surface area contributed by atoms with Crippen molar-refractivity contribution >= 4 is 53.5 Å². The van der Waals surface area contributed by atoms with Gasteiger partial charge < -0.3 is 5.32 Å². The Labute approximate surface area is 139 Å². The zero-order valence-electron chi connectivity index (χ0n) is 11.0. The van der Waals surface area contributed by atoms with Crippen LogP contribution in [0.3, 0.4) is 0 Å². The molecule has 0 bridgehead atoms. The third kappa shape index (κ3) is 3.92. The Bertz CT molecular complexity index is 715. The first-order chi connectivity index (χ1) is 9.94. The van der Waals surface area contributed by atoms with Crippen LogP contribution in [-0.4, -0.2) is 24.9 Å². The van der Waals surface area contributed by atoms with Crippen molar-refractivity contribution in [1.82, 2.24) is 9.97 Å². The molecular formula is C12H12Br2N4O2S. The van der Waals surface area contributed by atoms with E-state index in [1.807, 2.05) is 6.92 Å². The normalized spacial score (nSPS) is 11.2. The molecule has 9 heteroatoms. The summed E-state index contributed by atoms with van der Waals surface area (Å²) in [5, 5.41) is 2.90. The van der Waals surface area contributed by atoms with Crippen molar-refractivity contribution in [3.63, 3.8) is 0 Å². The second-order valence-corrected chi connectivity index (χ2v) is 7.37. The molecule has 0 aliphatic rings. The first-order valence-corrected chi connectivity index (χ1v) is 9.03. The predicted octanol–water partition coefficient (Wildman–Crippen LogP) is 3.23. The molecule has 1 aromatic heterocycles. The lowest BCUT2D eigenvalue weighted by Crippen LogP contribution is -2.15. The molecule has 0 unspecified atom stereocenters. The van der Waals surface area contributed by atoms with Gasteiger partial charge >= 0.3 is 0 Å². The Kier molecular flexibility index (Phi) is 5.17. The molecule has 0 radical (unpaired) electrons. The highest BCUT2D eigenvalue weighted by Crippen LogP contribution is 2.32. The van der Waals surface area contributed by atoms with Gasteiger partial charge in [0.05, 0.1) is 18.1 Å². The first-order valence-electron chi connectivity index (χ1n) is 5.97. The predicted molar refractivity (Wildman–Crippen MR) is 88.8 cm³/mol. The summed E-state index contributed by atoms with van der Waals surface area (Å²) in [4.78, 5) is 7.91. The number of benzene rings is 1. The number of hydrogen-bond acceptors (Lipinski definition) is 5. The van der Waals surface area contributed by atoms with Crippen LogP contribution in [0.25, 0.3) is 0 Å². The minimum atomic E-state index is -3.75. The van der Waals surface area contributed by atoms with Gasteiger partial charge in [-0.15, -0.1) is 0 Å². The summed E-state index contributed by atoms with van der Waals surface area (Å²) >= 11 is 6.61. The quantitative estimate of drug-likeness (QED) is 0.753. The zero-order chi connectivity index (χ0) is 15.5. The fourth-order valence-electron chi connectivity index (χ4n) is 1.49. The molecule has 0 saturated heterocycles. The van der Waals surface area contributed by atoms with Crippen molar-refractivity contribution in [3.05, 3.63) is 39.5 Å². The SMILES string of the molecule is CCNc1ncc(S(=O)(=O)Nc2c(Br)cccc2Br)cn1. The second kappa shape index (κ2) is 6.71. The van der Waals surface area contributed by atoms with Gasteiger partial charge in [-0.2, -0.15) is 0 Å². The maximum atomic E-state index is 12.3. The molecule has 0 amide bonds. The average molecular weight is 436 g/mol. The van der Waals surface area contributed by atoms with Gasteiger partial charge in [0.1, 0.15) is 4.90 Å². The van der Waals surface area contributed by atoms with Crippen LogP contribution >= 0.6 is 31.9 Å². The summed E-state index contributed by atoms with van der Waals surface area (Å²) in [6.45, 7) is 2.56. The van der Waals surface area contributed by atoms with Crippen LogP contribution < -0.4 is 10.0 Å². The highest BCUT2D eigenvalue weighted by atomic mass is 79.9. The van der Waals surface area contributed by atoms with Crippen molar-refractivity contribution in [1.29, 1.82) is 0 Å². The van der Waals surface area contributed by atoms with Crippen molar-refractivity contribution in [2.45, 2.75) is 11.8 Å². The molecule has 6 nitrogen and oxygen atoms in total. The van der Waals surface area contributed by atoms with Gasteiger partial charge in [-0.3, -0.25) is 4.72 Å². The van der Waals surface area contributed by atoms with E-state index in [0.29, 0.717) is 27.1 Å². The van der Waals surface area contributed by atoms with E-state index >= 15 is 0 Å². The lowest BCUT2D eigenvalue weighted by Gasteiger charge is -2.11. The number of aromatic nitrogens is 2. The molecule has 1 aromatic carbocycles. The van der Waals surface area contributed by atoms with Gasteiger partial charge in [-0.1, -0.05) is 6.07 Å². The summed E-state index contributed by atoms with van der Waals surface area (Å²) in [7, 11) is -3.75. The Morgan fingerprint density at radius 1 is 1.14 bits per heavy atom. The van der Waals surface area contributed by atoms with Crippen LogP contribution in [-0.2, 0) is 10.0 Å². The van der Waals surface area contributed by atoms with E-state index in [4.69, 9.17) is 0 Å². The number of anilines is 2. The molecule has 0 spiro atoms. The number of para-hydroxylation sites is 1. The number of hydrogen-bond donors (Lipinski definition) is 2. The highest BCUT2D eigenvalue weighted by Gasteiger charge is 2.18. The summed E-state index contributed by atoms with van der Waals surface area (Å²) in [6, 6.07) is 5.28. The van der Waals surface area contributed by atoms with Crippen LogP contribution in [0.5, 0.6) is 0 Å². The molecule has 2 N–H and O–H groups in total. The lowest BCUT2D eigenvalue weighted by molar-refractivity contribution is 0.600. The summed E-state index contributed by atoms with van der Waals surface area (Å²) < 4.78 is 28.4. The lowest BCUT2D eigenvalue weighted by atomic mass is 10.3. The van der Waals surface area contributed by atoms with E-state index in [-0.39, 0.29) is 4.90 Å². The molecule has 0 aliphatic heterocycles. The number of nitrogens with one attached hydrogen (secondary N) is 2. The summed E-state index contributed by atoms with van der Waals surface area (Å²) in [5.41, 5.74) is 0.424. The van der Waals surface area contributed by atoms with E-state index < -0.39 is 10.0 Å². The van der Waals surface area contributed by atoms with Gasteiger partial charge in [-0.25, -0.2) is 18.4 Å². The number of sulfonamides is 1. The van der Waals surface area contributed by atoms with Gasteiger partial charge in [-0.05, 0) is 50.9 Å². The molecule has 112 valence electrons. The number of halogens is 2. The number of rotatable bonds is 5. The van der Waals surface area contributed by atoms with E-state index in [1.54, 1.807) is 18.2 Å². The molecule has 2 rings (SSSR count). The Hall–Kier alpha value is -1.19. The second-order valence-electron chi connectivity index (χ2n) is 3.97. The zero-order valence-corrected chi connectivity index (χ0v) is 15.0. The van der Waals surface area contributed by atoms with E-state index in [1.165, 1.54) is 12.4 Å². The monoisotopic (exact) mass is 434 g/mol. The molecule has 2 aromatic rings. The fraction of sp³-hybridized carbons (Fsp3) is 0.167. The smallest absolute Gasteiger partial charge is 0.265 e. The summed E-state index contributed by atoms with van der Waals surface area (Å²) in [5.74, 6) is 0.388. The molecule has 21 heavy (non-hydrogen) atoms. The van der Waals surface area contributed by atoms with E-state index in [0.717, 1.165) is 0 Å². The first kappa shape index (κ1) is 16.2. The van der Waals surface area contributed by atoms with Gasteiger partial charge in [0.2, 0.25) is 5.95 Å². The minimum absolute atomic E-state index is 0.00759. The van der Waals surface area contributed by atoms with Gasteiger partial charge in [0.15, 0.2) is 0 Å². The third-order valence-corrected chi connectivity index (χ3v) is 5.10. The van der Waals surface area contributed by atoms with Crippen LogP contribution in [0, 0.1) is 0 Å². The third-order valence-electron chi connectivity index (χ3n) is 2.47.